The van der Waals surface area contributed by atoms with E-state index in [2.05, 4.69) is 16.0 Å². The molecular weight excluding hydrogens is 565 g/mol. The van der Waals surface area contributed by atoms with Crippen LogP contribution in [0, 0.1) is 17.5 Å². The van der Waals surface area contributed by atoms with Gasteiger partial charge in [-0.2, -0.15) is 4.31 Å². The van der Waals surface area contributed by atoms with Crippen LogP contribution in [0.25, 0.3) is 0 Å². The van der Waals surface area contributed by atoms with Crippen LogP contribution in [0.1, 0.15) is 37.3 Å². The Kier molecular flexibility index (Phi) is 9.19. The van der Waals surface area contributed by atoms with Crippen LogP contribution in [-0.2, 0) is 27.7 Å². The van der Waals surface area contributed by atoms with Crippen molar-refractivity contribution in [3.63, 3.8) is 0 Å². The number of amides is 1. The number of carbonyl (C=O) groups is 1. The van der Waals surface area contributed by atoms with Crippen LogP contribution >= 0.6 is 0 Å². The lowest BCUT2D eigenvalue weighted by Gasteiger charge is -2.40. The SMILES string of the molecule is C[C@H]1CNC[C@H](CCc2c(F)cccc2NC(=O)[C@H](Cc2cccc(F)c2)Nc2cccc(F)c2)N1S(=O)(=O)C1CC1. The smallest absolute Gasteiger partial charge is 0.247 e. The minimum Gasteiger partial charge on any atom is -0.373 e. The van der Waals surface area contributed by atoms with Gasteiger partial charge in [-0.25, -0.2) is 21.6 Å². The summed E-state index contributed by atoms with van der Waals surface area (Å²) in [5.74, 6) is -1.96. The van der Waals surface area contributed by atoms with Gasteiger partial charge in [-0.15, -0.1) is 0 Å². The number of sulfonamides is 1. The molecule has 1 saturated heterocycles. The molecule has 7 nitrogen and oxygen atoms in total. The summed E-state index contributed by atoms with van der Waals surface area (Å²) in [4.78, 5) is 13.6. The van der Waals surface area contributed by atoms with Crippen molar-refractivity contribution in [3.8, 4) is 0 Å². The average molecular weight is 601 g/mol. The van der Waals surface area contributed by atoms with E-state index >= 15 is 4.39 Å². The summed E-state index contributed by atoms with van der Waals surface area (Å²) < 4.78 is 70.9. The van der Waals surface area contributed by atoms with Gasteiger partial charge in [-0.3, -0.25) is 4.79 Å². The third-order valence-electron chi connectivity index (χ3n) is 7.77. The molecule has 0 spiro atoms. The molecule has 2 aliphatic rings. The van der Waals surface area contributed by atoms with E-state index in [4.69, 9.17) is 0 Å². The van der Waals surface area contributed by atoms with E-state index in [0.29, 0.717) is 43.6 Å². The number of benzene rings is 3. The number of nitrogens with zero attached hydrogens (tertiary/aromatic N) is 1. The first kappa shape index (κ1) is 30.1. The first-order chi connectivity index (χ1) is 20.1. The molecule has 3 aromatic carbocycles. The molecule has 42 heavy (non-hydrogen) atoms. The fourth-order valence-corrected chi connectivity index (χ4v) is 7.82. The quantitative estimate of drug-likeness (QED) is 0.293. The third-order valence-corrected chi connectivity index (χ3v) is 10.3. The molecule has 0 unspecified atom stereocenters. The standard InChI is InChI=1S/C31H35F3N4O3S/c1-20-18-35-19-25(38(20)42(40,41)26-12-13-26)11-14-27-28(34)9-4-10-29(27)37-31(39)30(16-21-5-2-6-22(32)15-21)36-24-8-3-7-23(33)17-24/h2-10,15,17,20,25-26,30,35-36H,11-14,16,18-19H2,1H3,(H,37,39)/t20-,25-,30-/m0/s1. The molecular formula is C31H35F3N4O3S. The molecule has 1 saturated carbocycles. The Balaban J connectivity index is 1.35. The Morgan fingerprint density at radius 2 is 1.71 bits per heavy atom. The number of nitrogens with one attached hydrogen (secondary N) is 3. The molecule has 224 valence electrons. The first-order valence-electron chi connectivity index (χ1n) is 14.2. The zero-order valence-corrected chi connectivity index (χ0v) is 24.1. The predicted molar refractivity (Wildman–Crippen MR) is 157 cm³/mol. The van der Waals surface area contributed by atoms with Gasteiger partial charge in [0.05, 0.1) is 5.25 Å². The summed E-state index contributed by atoms with van der Waals surface area (Å²) >= 11 is 0. The van der Waals surface area contributed by atoms with E-state index in [-0.39, 0.29) is 41.4 Å². The van der Waals surface area contributed by atoms with Crippen LogP contribution in [-0.4, -0.2) is 55.1 Å². The molecule has 2 fully saturated rings. The van der Waals surface area contributed by atoms with Gasteiger partial charge >= 0.3 is 0 Å². The Bertz CT molecular complexity index is 1490. The van der Waals surface area contributed by atoms with E-state index in [0.717, 1.165) is 0 Å². The highest BCUT2D eigenvalue weighted by Gasteiger charge is 2.45. The molecule has 1 aliphatic heterocycles. The van der Waals surface area contributed by atoms with Crippen LogP contribution in [0.3, 0.4) is 0 Å². The molecule has 3 aromatic rings. The minimum absolute atomic E-state index is 0.0877. The van der Waals surface area contributed by atoms with Crippen molar-refractivity contribution in [3.05, 3.63) is 95.3 Å². The monoisotopic (exact) mass is 600 g/mol. The number of rotatable bonds is 11. The molecule has 11 heteroatoms. The lowest BCUT2D eigenvalue weighted by atomic mass is 10.00. The summed E-state index contributed by atoms with van der Waals surface area (Å²) in [5.41, 5.74) is 1.44. The number of hydrogen-bond donors (Lipinski definition) is 3. The van der Waals surface area contributed by atoms with E-state index in [1.54, 1.807) is 28.6 Å². The second-order valence-electron chi connectivity index (χ2n) is 11.1. The van der Waals surface area contributed by atoms with E-state index in [1.165, 1.54) is 42.5 Å². The van der Waals surface area contributed by atoms with Gasteiger partial charge in [-0.1, -0.05) is 24.3 Å². The fourth-order valence-electron chi connectivity index (χ4n) is 5.57. The van der Waals surface area contributed by atoms with Crippen molar-refractivity contribution < 1.29 is 26.4 Å². The summed E-state index contributed by atoms with van der Waals surface area (Å²) in [5, 5.41) is 8.77. The molecule has 0 aromatic heterocycles. The zero-order chi connectivity index (χ0) is 29.9. The van der Waals surface area contributed by atoms with Crippen LogP contribution in [0.15, 0.2) is 66.7 Å². The summed E-state index contributed by atoms with van der Waals surface area (Å²) in [6.07, 6.45) is 1.97. The maximum Gasteiger partial charge on any atom is 0.247 e. The summed E-state index contributed by atoms with van der Waals surface area (Å²) in [6.45, 7) is 2.88. The number of halogens is 3. The highest BCUT2D eigenvalue weighted by atomic mass is 32.2. The Morgan fingerprint density at radius 3 is 2.43 bits per heavy atom. The number of anilines is 2. The van der Waals surface area contributed by atoms with Crippen LogP contribution in [0.2, 0.25) is 0 Å². The van der Waals surface area contributed by atoms with Gasteiger partial charge in [0.25, 0.3) is 0 Å². The molecule has 1 aliphatic carbocycles. The number of piperazine rings is 1. The Hall–Kier alpha value is -3.41. The lowest BCUT2D eigenvalue weighted by Crippen LogP contribution is -2.59. The second kappa shape index (κ2) is 12.8. The van der Waals surface area contributed by atoms with Crippen molar-refractivity contribution in [2.75, 3.05) is 23.7 Å². The first-order valence-corrected chi connectivity index (χ1v) is 15.7. The molecule has 0 bridgehead atoms. The van der Waals surface area contributed by atoms with Gasteiger partial charge in [0.15, 0.2) is 0 Å². The number of hydrogen-bond acceptors (Lipinski definition) is 5. The van der Waals surface area contributed by atoms with Gasteiger partial charge in [-0.05, 0) is 80.6 Å². The van der Waals surface area contributed by atoms with Crippen LogP contribution in [0.5, 0.6) is 0 Å². The van der Waals surface area contributed by atoms with Crippen molar-refractivity contribution in [2.45, 2.75) is 62.4 Å². The van der Waals surface area contributed by atoms with Gasteiger partial charge in [0.2, 0.25) is 15.9 Å². The van der Waals surface area contributed by atoms with Crippen molar-refractivity contribution in [1.82, 2.24) is 9.62 Å². The van der Waals surface area contributed by atoms with Gasteiger partial charge in [0, 0.05) is 48.5 Å². The maximum absolute atomic E-state index is 15.2. The molecule has 0 radical (unpaired) electrons. The lowest BCUT2D eigenvalue weighted by molar-refractivity contribution is -0.116. The fraction of sp³-hybridized carbons (Fsp3) is 0.387. The van der Waals surface area contributed by atoms with Crippen molar-refractivity contribution in [2.24, 2.45) is 0 Å². The molecule has 3 N–H and O–H groups in total. The van der Waals surface area contributed by atoms with E-state index in [9.17, 15) is 22.0 Å². The Labute approximate surface area is 244 Å². The predicted octanol–water partition coefficient (Wildman–Crippen LogP) is 4.85. The normalized spacial score (nSPS) is 20.2. The molecule has 5 rings (SSSR count). The molecule has 3 atom stereocenters. The average Bonchev–Trinajstić information content (AvgIpc) is 3.79. The summed E-state index contributed by atoms with van der Waals surface area (Å²) in [7, 11) is -3.44. The largest absolute Gasteiger partial charge is 0.373 e. The van der Waals surface area contributed by atoms with E-state index in [1.807, 2.05) is 6.92 Å². The topological polar surface area (TPSA) is 90.5 Å². The van der Waals surface area contributed by atoms with Crippen LogP contribution < -0.4 is 16.0 Å². The maximum atomic E-state index is 15.2. The number of carbonyl (C=O) groups excluding carboxylic acids is 1. The van der Waals surface area contributed by atoms with Crippen molar-refractivity contribution >= 4 is 27.3 Å². The third kappa shape index (κ3) is 7.14. The minimum atomic E-state index is -3.44. The molecule has 1 amide bonds. The van der Waals surface area contributed by atoms with Gasteiger partial charge < -0.3 is 16.0 Å². The zero-order valence-electron chi connectivity index (χ0n) is 23.3. The Morgan fingerprint density at radius 1 is 1.00 bits per heavy atom. The summed E-state index contributed by atoms with van der Waals surface area (Å²) in [6, 6.07) is 14.4. The van der Waals surface area contributed by atoms with E-state index < -0.39 is 39.4 Å². The van der Waals surface area contributed by atoms with Crippen molar-refractivity contribution in [1.29, 1.82) is 0 Å². The van der Waals surface area contributed by atoms with Gasteiger partial charge in [0.1, 0.15) is 23.5 Å². The van der Waals surface area contributed by atoms with Crippen LogP contribution in [0.4, 0.5) is 24.5 Å². The molecule has 1 heterocycles. The highest BCUT2D eigenvalue weighted by molar-refractivity contribution is 7.90. The second-order valence-corrected chi connectivity index (χ2v) is 13.2. The highest BCUT2D eigenvalue weighted by Crippen LogP contribution is 2.35.